The normalized spacial score (nSPS) is 11.1. The Morgan fingerprint density at radius 1 is 1.08 bits per heavy atom. The molecule has 5 heteroatoms. The van der Waals surface area contributed by atoms with E-state index in [4.69, 9.17) is 9.73 Å². The van der Waals surface area contributed by atoms with Crippen LogP contribution in [0.5, 0.6) is 0 Å². The maximum Gasteiger partial charge on any atom is 0.193 e. The summed E-state index contributed by atoms with van der Waals surface area (Å²) in [4.78, 5) is 6.93. The second-order valence-electron chi connectivity index (χ2n) is 6.07. The monoisotopic (exact) mass is 461 g/mol. The predicted octanol–water partition coefficient (Wildman–Crippen LogP) is 4.34. The summed E-state index contributed by atoms with van der Waals surface area (Å²) in [7, 11) is 2.11. The summed E-state index contributed by atoms with van der Waals surface area (Å²) in [5.74, 6) is 1.02. The third kappa shape index (κ3) is 12.2. The summed E-state index contributed by atoms with van der Waals surface area (Å²) in [5.41, 5.74) is 1.34. The van der Waals surface area contributed by atoms with Crippen molar-refractivity contribution in [2.45, 2.75) is 46.0 Å². The summed E-state index contributed by atoms with van der Waals surface area (Å²) in [6, 6.07) is 10.5. The SMILES string of the molecule is CCCCN(C)C(=NCCCCOCCc1ccccc1)NCC.I. The Morgan fingerprint density at radius 3 is 2.52 bits per heavy atom. The molecule has 0 amide bonds. The lowest BCUT2D eigenvalue weighted by Gasteiger charge is -2.21. The van der Waals surface area contributed by atoms with E-state index in [1.807, 2.05) is 6.07 Å². The van der Waals surface area contributed by atoms with Crippen LogP contribution in [0, 0.1) is 0 Å². The maximum atomic E-state index is 5.72. The van der Waals surface area contributed by atoms with Crippen LogP contribution in [0.15, 0.2) is 35.3 Å². The van der Waals surface area contributed by atoms with E-state index in [1.54, 1.807) is 0 Å². The van der Waals surface area contributed by atoms with E-state index in [0.29, 0.717) is 0 Å². The van der Waals surface area contributed by atoms with Gasteiger partial charge in [0.2, 0.25) is 0 Å². The Kier molecular flexibility index (Phi) is 16.1. The van der Waals surface area contributed by atoms with Crippen molar-refractivity contribution in [2.75, 3.05) is 39.9 Å². The number of nitrogens with zero attached hydrogens (tertiary/aromatic N) is 2. The Bertz CT molecular complexity index is 440. The third-order valence-electron chi connectivity index (χ3n) is 3.88. The van der Waals surface area contributed by atoms with Gasteiger partial charge in [-0.15, -0.1) is 24.0 Å². The molecule has 4 nitrogen and oxygen atoms in total. The van der Waals surface area contributed by atoms with E-state index in [-0.39, 0.29) is 24.0 Å². The van der Waals surface area contributed by atoms with Gasteiger partial charge in [0.15, 0.2) is 5.96 Å². The molecule has 0 aliphatic heterocycles. The zero-order valence-corrected chi connectivity index (χ0v) is 18.5. The summed E-state index contributed by atoms with van der Waals surface area (Å²) < 4.78 is 5.72. The summed E-state index contributed by atoms with van der Waals surface area (Å²) in [6.07, 6.45) is 5.55. The molecule has 25 heavy (non-hydrogen) atoms. The molecule has 1 aromatic carbocycles. The van der Waals surface area contributed by atoms with E-state index in [2.05, 4.69) is 55.4 Å². The molecule has 1 aromatic rings. The first kappa shape index (κ1) is 24.2. The molecule has 0 saturated carbocycles. The van der Waals surface area contributed by atoms with Gasteiger partial charge < -0.3 is 15.0 Å². The molecule has 0 unspecified atom stereocenters. The molecular weight excluding hydrogens is 425 g/mol. The van der Waals surface area contributed by atoms with Crippen LogP contribution in [0.2, 0.25) is 0 Å². The van der Waals surface area contributed by atoms with E-state index in [9.17, 15) is 0 Å². The highest BCUT2D eigenvalue weighted by Crippen LogP contribution is 2.00. The van der Waals surface area contributed by atoms with Gasteiger partial charge >= 0.3 is 0 Å². The van der Waals surface area contributed by atoms with Crippen LogP contribution in [-0.2, 0) is 11.2 Å². The third-order valence-corrected chi connectivity index (χ3v) is 3.88. The van der Waals surface area contributed by atoms with Crippen molar-refractivity contribution in [3.8, 4) is 0 Å². The van der Waals surface area contributed by atoms with E-state index in [0.717, 1.165) is 58.1 Å². The van der Waals surface area contributed by atoms with Crippen LogP contribution < -0.4 is 5.32 Å². The first-order valence-corrected chi connectivity index (χ1v) is 9.39. The van der Waals surface area contributed by atoms with E-state index in [1.165, 1.54) is 18.4 Å². The van der Waals surface area contributed by atoms with Gasteiger partial charge in [0.25, 0.3) is 0 Å². The smallest absolute Gasteiger partial charge is 0.193 e. The van der Waals surface area contributed by atoms with Gasteiger partial charge in [-0.05, 0) is 38.2 Å². The second kappa shape index (κ2) is 16.6. The first-order chi connectivity index (χ1) is 11.8. The minimum Gasteiger partial charge on any atom is -0.381 e. The van der Waals surface area contributed by atoms with Gasteiger partial charge in [-0.3, -0.25) is 4.99 Å². The molecule has 0 radical (unpaired) electrons. The molecule has 0 heterocycles. The minimum atomic E-state index is 0. The highest BCUT2D eigenvalue weighted by Gasteiger charge is 2.03. The Morgan fingerprint density at radius 2 is 1.84 bits per heavy atom. The van der Waals surface area contributed by atoms with E-state index < -0.39 is 0 Å². The number of aliphatic imine (C=N–C) groups is 1. The number of hydrogen-bond donors (Lipinski definition) is 1. The van der Waals surface area contributed by atoms with Crippen LogP contribution in [0.4, 0.5) is 0 Å². The topological polar surface area (TPSA) is 36.9 Å². The second-order valence-corrected chi connectivity index (χ2v) is 6.07. The number of nitrogens with one attached hydrogen (secondary N) is 1. The Hall–Kier alpha value is -0.820. The molecule has 0 aliphatic rings. The lowest BCUT2D eigenvalue weighted by Crippen LogP contribution is -2.39. The molecule has 1 N–H and O–H groups in total. The quantitative estimate of drug-likeness (QED) is 0.218. The van der Waals surface area contributed by atoms with Crippen LogP contribution in [0.1, 0.15) is 45.1 Å². The van der Waals surface area contributed by atoms with Crippen molar-refractivity contribution in [2.24, 2.45) is 4.99 Å². The van der Waals surface area contributed by atoms with Crippen molar-refractivity contribution < 1.29 is 4.74 Å². The fraction of sp³-hybridized carbons (Fsp3) is 0.650. The van der Waals surface area contributed by atoms with E-state index >= 15 is 0 Å². The molecule has 0 aromatic heterocycles. The van der Waals surface area contributed by atoms with Crippen LogP contribution >= 0.6 is 24.0 Å². The van der Waals surface area contributed by atoms with Crippen molar-refractivity contribution in [1.82, 2.24) is 10.2 Å². The summed E-state index contributed by atoms with van der Waals surface area (Å²) >= 11 is 0. The Labute approximate surface area is 171 Å². The van der Waals surface area contributed by atoms with Gasteiger partial charge in [-0.2, -0.15) is 0 Å². The minimum absolute atomic E-state index is 0. The number of benzene rings is 1. The maximum absolute atomic E-state index is 5.72. The van der Waals surface area contributed by atoms with Gasteiger partial charge in [-0.25, -0.2) is 0 Å². The Balaban J connectivity index is 0.00000576. The van der Waals surface area contributed by atoms with Crippen molar-refractivity contribution in [3.63, 3.8) is 0 Å². The molecule has 0 aliphatic carbocycles. The number of hydrogen-bond acceptors (Lipinski definition) is 2. The molecule has 0 atom stereocenters. The van der Waals surface area contributed by atoms with Crippen LogP contribution in [0.25, 0.3) is 0 Å². The highest BCUT2D eigenvalue weighted by atomic mass is 127. The first-order valence-electron chi connectivity index (χ1n) is 9.39. The zero-order valence-electron chi connectivity index (χ0n) is 16.2. The molecule has 0 bridgehead atoms. The number of ether oxygens (including phenoxy) is 1. The average molecular weight is 461 g/mol. The van der Waals surface area contributed by atoms with Gasteiger partial charge in [0.05, 0.1) is 6.61 Å². The number of guanidine groups is 1. The largest absolute Gasteiger partial charge is 0.381 e. The number of unbranched alkanes of at least 4 members (excludes halogenated alkanes) is 2. The fourth-order valence-corrected chi connectivity index (χ4v) is 2.41. The van der Waals surface area contributed by atoms with Crippen molar-refractivity contribution >= 4 is 29.9 Å². The van der Waals surface area contributed by atoms with Crippen LogP contribution in [0.3, 0.4) is 0 Å². The van der Waals surface area contributed by atoms with Crippen LogP contribution in [-0.4, -0.2) is 50.8 Å². The molecular formula is C20H36IN3O. The number of halogens is 1. The van der Waals surface area contributed by atoms with Crippen molar-refractivity contribution in [3.05, 3.63) is 35.9 Å². The number of rotatable bonds is 12. The van der Waals surface area contributed by atoms with Gasteiger partial charge in [0, 0.05) is 33.3 Å². The molecule has 0 spiro atoms. The summed E-state index contributed by atoms with van der Waals surface area (Å²) in [5, 5.41) is 3.37. The molecule has 0 fully saturated rings. The average Bonchev–Trinajstić information content (AvgIpc) is 2.61. The molecule has 144 valence electrons. The molecule has 0 saturated heterocycles. The van der Waals surface area contributed by atoms with Crippen molar-refractivity contribution in [1.29, 1.82) is 0 Å². The standard InChI is InChI=1S/C20H35N3O.HI/c1-4-6-16-23(3)20(21-5-2)22-15-10-11-17-24-18-14-19-12-8-7-9-13-19;/h7-9,12-13H,4-6,10-11,14-18H2,1-3H3,(H,21,22);1H. The lowest BCUT2D eigenvalue weighted by atomic mass is 10.2. The highest BCUT2D eigenvalue weighted by molar-refractivity contribution is 14.0. The fourth-order valence-electron chi connectivity index (χ4n) is 2.41. The lowest BCUT2D eigenvalue weighted by molar-refractivity contribution is 0.134. The predicted molar refractivity (Wildman–Crippen MR) is 119 cm³/mol. The molecule has 1 rings (SSSR count). The van der Waals surface area contributed by atoms with Gasteiger partial charge in [0.1, 0.15) is 0 Å². The summed E-state index contributed by atoms with van der Waals surface area (Å²) in [6.45, 7) is 8.80. The van der Waals surface area contributed by atoms with Gasteiger partial charge in [-0.1, -0.05) is 43.7 Å². The zero-order chi connectivity index (χ0) is 17.5.